The molecule has 31 heavy (non-hydrogen) atoms. The van der Waals surface area contributed by atoms with E-state index in [1.165, 1.54) is 36.8 Å². The summed E-state index contributed by atoms with van der Waals surface area (Å²) < 4.78 is 37.9. The van der Waals surface area contributed by atoms with Crippen molar-refractivity contribution in [3.63, 3.8) is 0 Å². The van der Waals surface area contributed by atoms with Crippen LogP contribution in [0.25, 0.3) is 0 Å². The van der Waals surface area contributed by atoms with Crippen molar-refractivity contribution in [2.24, 2.45) is 5.73 Å². The summed E-state index contributed by atoms with van der Waals surface area (Å²) in [7, 11) is -2.82. The Labute approximate surface area is 181 Å². The fourth-order valence-electron chi connectivity index (χ4n) is 2.72. The Bertz CT molecular complexity index is 1030. The maximum atomic E-state index is 13.1. The SMILES string of the molecule is CC#CCOc1ccc(S(=O)(=O)N(C)C(C(=O)NO)c2ccc(OCCN)cc2)cc1. The fourth-order valence-corrected chi connectivity index (χ4v) is 4.02. The van der Waals surface area contributed by atoms with Crippen LogP contribution in [0.15, 0.2) is 53.4 Å². The molecule has 0 heterocycles. The quantitative estimate of drug-likeness (QED) is 0.284. The molecule has 0 saturated carbocycles. The lowest BCUT2D eigenvalue weighted by atomic mass is 10.1. The number of amides is 1. The minimum atomic E-state index is -4.08. The zero-order valence-corrected chi connectivity index (χ0v) is 18.1. The number of sulfonamides is 1. The van der Waals surface area contributed by atoms with Crippen molar-refractivity contribution >= 4 is 15.9 Å². The topological polar surface area (TPSA) is 131 Å². The summed E-state index contributed by atoms with van der Waals surface area (Å²) in [5.41, 5.74) is 7.27. The van der Waals surface area contributed by atoms with Gasteiger partial charge in [0.25, 0.3) is 5.91 Å². The van der Waals surface area contributed by atoms with Gasteiger partial charge in [-0.2, -0.15) is 4.31 Å². The van der Waals surface area contributed by atoms with E-state index in [1.807, 2.05) is 0 Å². The number of ether oxygens (including phenoxy) is 2. The molecule has 9 nitrogen and oxygen atoms in total. The number of likely N-dealkylation sites (N-methyl/N-ethyl adjacent to an activating group) is 1. The zero-order valence-electron chi connectivity index (χ0n) is 17.2. The lowest BCUT2D eigenvalue weighted by Crippen LogP contribution is -2.40. The first kappa shape index (κ1) is 24.2. The van der Waals surface area contributed by atoms with E-state index in [4.69, 9.17) is 15.2 Å². The maximum absolute atomic E-state index is 13.1. The van der Waals surface area contributed by atoms with Crippen LogP contribution in [0.1, 0.15) is 18.5 Å². The van der Waals surface area contributed by atoms with E-state index in [1.54, 1.807) is 31.2 Å². The number of carbonyl (C=O) groups excluding carboxylic acids is 1. The number of benzene rings is 2. The Balaban J connectivity index is 2.29. The Morgan fingerprint density at radius 2 is 1.71 bits per heavy atom. The normalized spacial score (nSPS) is 11.9. The number of nitrogens with one attached hydrogen (secondary N) is 1. The molecule has 2 aromatic rings. The molecule has 0 aliphatic rings. The molecule has 0 aliphatic heterocycles. The van der Waals surface area contributed by atoms with Gasteiger partial charge in [0.15, 0.2) is 0 Å². The number of nitrogens with zero attached hydrogens (tertiary/aromatic N) is 1. The first-order chi connectivity index (χ1) is 14.8. The molecular formula is C21H25N3O6S. The number of hydrogen-bond acceptors (Lipinski definition) is 7. The molecule has 1 amide bonds. The van der Waals surface area contributed by atoms with E-state index in [0.29, 0.717) is 30.2 Å². The molecule has 4 N–H and O–H groups in total. The van der Waals surface area contributed by atoms with Crippen LogP contribution in [0.5, 0.6) is 11.5 Å². The van der Waals surface area contributed by atoms with Crippen molar-refractivity contribution in [2.75, 3.05) is 26.8 Å². The molecule has 2 rings (SSSR count). The molecule has 0 aliphatic carbocycles. The van der Waals surface area contributed by atoms with E-state index in [2.05, 4.69) is 11.8 Å². The Hall–Kier alpha value is -3.10. The average Bonchev–Trinajstić information content (AvgIpc) is 2.79. The molecule has 0 saturated heterocycles. The third-order valence-corrected chi connectivity index (χ3v) is 6.13. The minimum absolute atomic E-state index is 0.0393. The molecule has 166 valence electrons. The van der Waals surface area contributed by atoms with Crippen molar-refractivity contribution < 1.29 is 27.9 Å². The number of carbonyl (C=O) groups is 1. The summed E-state index contributed by atoms with van der Waals surface area (Å²) in [6.07, 6.45) is 0. The maximum Gasteiger partial charge on any atom is 0.266 e. The van der Waals surface area contributed by atoms with Crippen molar-refractivity contribution in [3.05, 3.63) is 54.1 Å². The summed E-state index contributed by atoms with van der Waals surface area (Å²) in [5.74, 6) is 5.52. The summed E-state index contributed by atoms with van der Waals surface area (Å²) in [4.78, 5) is 12.3. The van der Waals surface area contributed by atoms with Crippen LogP contribution in [-0.2, 0) is 14.8 Å². The summed E-state index contributed by atoms with van der Waals surface area (Å²) in [6.45, 7) is 2.54. The fraction of sp³-hybridized carbons (Fsp3) is 0.286. The predicted octanol–water partition coefficient (Wildman–Crippen LogP) is 1.29. The van der Waals surface area contributed by atoms with E-state index in [0.717, 1.165) is 4.31 Å². The third kappa shape index (κ3) is 6.19. The predicted molar refractivity (Wildman–Crippen MR) is 114 cm³/mol. The second-order valence-corrected chi connectivity index (χ2v) is 8.29. The first-order valence-corrected chi connectivity index (χ1v) is 10.8. The van der Waals surface area contributed by atoms with Gasteiger partial charge in [-0.3, -0.25) is 10.0 Å². The summed E-state index contributed by atoms with van der Waals surface area (Å²) >= 11 is 0. The van der Waals surface area contributed by atoms with Gasteiger partial charge in [-0.05, 0) is 48.9 Å². The van der Waals surface area contributed by atoms with Crippen molar-refractivity contribution in [1.29, 1.82) is 0 Å². The van der Waals surface area contributed by atoms with Crippen LogP contribution < -0.4 is 20.7 Å². The second kappa shape index (κ2) is 11.3. The highest BCUT2D eigenvalue weighted by molar-refractivity contribution is 7.89. The van der Waals surface area contributed by atoms with Gasteiger partial charge in [0.1, 0.15) is 30.8 Å². The van der Waals surface area contributed by atoms with Gasteiger partial charge < -0.3 is 15.2 Å². The Morgan fingerprint density at radius 1 is 1.13 bits per heavy atom. The smallest absolute Gasteiger partial charge is 0.266 e. The Kier molecular flexibility index (Phi) is 8.84. The highest BCUT2D eigenvalue weighted by Gasteiger charge is 2.34. The van der Waals surface area contributed by atoms with E-state index in [9.17, 15) is 18.4 Å². The van der Waals surface area contributed by atoms with Gasteiger partial charge in [0.05, 0.1) is 4.90 Å². The molecule has 0 radical (unpaired) electrons. The number of nitrogens with two attached hydrogens (primary N) is 1. The van der Waals surface area contributed by atoms with Crippen LogP contribution in [0, 0.1) is 11.8 Å². The highest BCUT2D eigenvalue weighted by Crippen LogP contribution is 2.28. The molecule has 1 atom stereocenters. The Morgan fingerprint density at radius 3 is 2.26 bits per heavy atom. The molecule has 10 heteroatoms. The lowest BCUT2D eigenvalue weighted by Gasteiger charge is -2.26. The van der Waals surface area contributed by atoms with Gasteiger partial charge in [-0.15, -0.1) is 5.92 Å². The minimum Gasteiger partial charge on any atom is -0.492 e. The first-order valence-electron chi connectivity index (χ1n) is 9.32. The molecule has 1 unspecified atom stereocenters. The lowest BCUT2D eigenvalue weighted by molar-refractivity contribution is -0.133. The standard InChI is InChI=1S/C21H25N3O6S/c1-3-4-14-29-18-9-11-19(12-10-18)31(27,28)24(2)20(21(25)23-26)16-5-7-17(8-6-16)30-15-13-22/h5-12,20,26H,13-15,22H2,1-2H3,(H,23,25). The van der Waals surface area contributed by atoms with Gasteiger partial charge >= 0.3 is 0 Å². The van der Waals surface area contributed by atoms with Crippen molar-refractivity contribution in [3.8, 4) is 23.3 Å². The summed E-state index contributed by atoms with van der Waals surface area (Å²) in [5, 5.41) is 9.17. The second-order valence-electron chi connectivity index (χ2n) is 6.29. The molecule has 2 aromatic carbocycles. The number of hydrogen-bond donors (Lipinski definition) is 3. The van der Waals surface area contributed by atoms with Crippen LogP contribution in [-0.4, -0.2) is 50.6 Å². The number of rotatable bonds is 10. The highest BCUT2D eigenvalue weighted by atomic mass is 32.2. The van der Waals surface area contributed by atoms with E-state index in [-0.39, 0.29) is 11.5 Å². The summed E-state index contributed by atoms with van der Waals surface area (Å²) in [6, 6.07) is 10.7. The zero-order chi connectivity index (χ0) is 22.9. The van der Waals surface area contributed by atoms with Gasteiger partial charge in [0.2, 0.25) is 10.0 Å². The molecule has 0 aromatic heterocycles. The van der Waals surface area contributed by atoms with Gasteiger partial charge in [-0.25, -0.2) is 13.9 Å². The number of hydroxylamine groups is 1. The van der Waals surface area contributed by atoms with E-state index < -0.39 is 22.0 Å². The third-order valence-electron chi connectivity index (χ3n) is 4.29. The van der Waals surface area contributed by atoms with Crippen LogP contribution in [0.3, 0.4) is 0 Å². The largest absolute Gasteiger partial charge is 0.492 e. The van der Waals surface area contributed by atoms with Crippen molar-refractivity contribution in [1.82, 2.24) is 9.79 Å². The van der Waals surface area contributed by atoms with Crippen LogP contribution in [0.2, 0.25) is 0 Å². The van der Waals surface area contributed by atoms with E-state index >= 15 is 0 Å². The van der Waals surface area contributed by atoms with Crippen LogP contribution >= 0.6 is 0 Å². The van der Waals surface area contributed by atoms with Gasteiger partial charge in [0, 0.05) is 13.6 Å². The monoisotopic (exact) mass is 447 g/mol. The molecule has 0 fully saturated rings. The molecular weight excluding hydrogens is 422 g/mol. The van der Waals surface area contributed by atoms with Crippen molar-refractivity contribution in [2.45, 2.75) is 17.9 Å². The molecule has 0 bridgehead atoms. The van der Waals surface area contributed by atoms with Crippen LogP contribution in [0.4, 0.5) is 0 Å². The average molecular weight is 448 g/mol. The van der Waals surface area contributed by atoms with Gasteiger partial charge in [-0.1, -0.05) is 18.1 Å². The molecule has 0 spiro atoms.